The Morgan fingerprint density at radius 2 is 1.85 bits per heavy atom. The second-order valence-electron chi connectivity index (χ2n) is 7.39. The van der Waals surface area contributed by atoms with E-state index in [2.05, 4.69) is 38.4 Å². The van der Waals surface area contributed by atoms with Gasteiger partial charge in [0, 0.05) is 16.9 Å². The number of nitrogens with one attached hydrogen (secondary N) is 2. The molecule has 2 amide bonds. The van der Waals surface area contributed by atoms with Crippen LogP contribution in [0.15, 0.2) is 28.7 Å². The zero-order valence-corrected chi connectivity index (χ0v) is 18.1. The Morgan fingerprint density at radius 3 is 2.48 bits per heavy atom. The van der Waals surface area contributed by atoms with E-state index in [0.29, 0.717) is 6.54 Å². The van der Waals surface area contributed by atoms with E-state index in [-0.39, 0.29) is 23.8 Å². The Hall–Kier alpha value is -1.40. The van der Waals surface area contributed by atoms with Crippen LogP contribution in [0.2, 0.25) is 0 Å². The summed E-state index contributed by atoms with van der Waals surface area (Å²) in [5, 5.41) is 6.11. The molecule has 0 bridgehead atoms. The summed E-state index contributed by atoms with van der Waals surface area (Å²) in [7, 11) is 0. The highest BCUT2D eigenvalue weighted by Gasteiger charge is 2.25. The minimum Gasteiger partial charge on any atom is -0.356 e. The minimum atomic E-state index is -0.0166. The predicted molar refractivity (Wildman–Crippen MR) is 112 cm³/mol. The van der Waals surface area contributed by atoms with E-state index in [1.165, 1.54) is 0 Å². The molecule has 2 N–H and O–H groups in total. The number of nitrogens with zero attached hydrogens (tertiary/aromatic N) is 1. The van der Waals surface area contributed by atoms with E-state index in [9.17, 15) is 9.59 Å². The minimum absolute atomic E-state index is 0.0166. The van der Waals surface area contributed by atoms with Crippen LogP contribution in [-0.2, 0) is 9.59 Å². The number of benzene rings is 1. The summed E-state index contributed by atoms with van der Waals surface area (Å²) in [6.45, 7) is 6.93. The molecule has 150 valence electrons. The van der Waals surface area contributed by atoms with Gasteiger partial charge in [-0.1, -0.05) is 47.8 Å². The van der Waals surface area contributed by atoms with Gasteiger partial charge in [0.2, 0.25) is 11.8 Å². The standard InChI is InChI=1S/C21H32BrN3O2/c1-3-4-5-12-23-21(27)18-10-13-25(14-11-18)15-20(26)24-16(2)17-6-8-19(22)9-7-17/h6-9,16,18H,3-5,10-15H2,1-2H3,(H,23,27)(H,24,26). The van der Waals surface area contributed by atoms with Gasteiger partial charge in [0.05, 0.1) is 12.6 Å². The summed E-state index contributed by atoms with van der Waals surface area (Å²) in [6.07, 6.45) is 5.03. The van der Waals surface area contributed by atoms with Gasteiger partial charge >= 0.3 is 0 Å². The van der Waals surface area contributed by atoms with E-state index in [4.69, 9.17) is 0 Å². The lowest BCUT2D eigenvalue weighted by Crippen LogP contribution is -2.44. The molecule has 1 aromatic carbocycles. The van der Waals surface area contributed by atoms with Crippen molar-refractivity contribution >= 4 is 27.7 Å². The molecular formula is C21H32BrN3O2. The zero-order valence-electron chi connectivity index (χ0n) is 16.5. The van der Waals surface area contributed by atoms with Crippen molar-refractivity contribution in [2.24, 2.45) is 5.92 Å². The number of hydrogen-bond donors (Lipinski definition) is 2. The monoisotopic (exact) mass is 437 g/mol. The van der Waals surface area contributed by atoms with Crippen LogP contribution in [0.25, 0.3) is 0 Å². The van der Waals surface area contributed by atoms with Crippen LogP contribution in [0, 0.1) is 5.92 Å². The number of halogens is 1. The molecule has 0 aliphatic carbocycles. The number of piperidine rings is 1. The highest BCUT2D eigenvalue weighted by Crippen LogP contribution is 2.18. The summed E-state index contributed by atoms with van der Waals surface area (Å²) in [4.78, 5) is 26.7. The molecule has 1 aliphatic heterocycles. The topological polar surface area (TPSA) is 61.4 Å². The van der Waals surface area contributed by atoms with Gasteiger partial charge in [-0.25, -0.2) is 0 Å². The van der Waals surface area contributed by atoms with E-state index >= 15 is 0 Å². The molecule has 5 nitrogen and oxygen atoms in total. The molecule has 1 aromatic rings. The lowest BCUT2D eigenvalue weighted by Gasteiger charge is -2.31. The van der Waals surface area contributed by atoms with E-state index in [1.54, 1.807) is 0 Å². The first-order valence-corrected chi connectivity index (χ1v) is 10.8. The highest BCUT2D eigenvalue weighted by molar-refractivity contribution is 9.10. The first-order valence-electron chi connectivity index (χ1n) is 10.0. The van der Waals surface area contributed by atoms with Crippen LogP contribution in [0.1, 0.15) is 57.6 Å². The number of likely N-dealkylation sites (tertiary alicyclic amines) is 1. The van der Waals surface area contributed by atoms with E-state index < -0.39 is 0 Å². The Labute approximate surface area is 171 Å². The second kappa shape index (κ2) is 11.4. The number of unbranched alkanes of at least 4 members (excludes halogenated alkanes) is 2. The lowest BCUT2D eigenvalue weighted by atomic mass is 9.96. The van der Waals surface area contributed by atoms with Crippen molar-refractivity contribution in [1.29, 1.82) is 0 Å². The zero-order chi connectivity index (χ0) is 19.6. The second-order valence-corrected chi connectivity index (χ2v) is 8.30. The average Bonchev–Trinajstić information content (AvgIpc) is 2.66. The molecule has 27 heavy (non-hydrogen) atoms. The molecule has 1 aliphatic rings. The molecule has 0 aromatic heterocycles. The van der Waals surface area contributed by atoms with E-state index in [0.717, 1.165) is 61.8 Å². The smallest absolute Gasteiger partial charge is 0.234 e. The molecule has 0 saturated carbocycles. The van der Waals surface area contributed by atoms with Crippen molar-refractivity contribution in [3.05, 3.63) is 34.3 Å². The van der Waals surface area contributed by atoms with Crippen molar-refractivity contribution < 1.29 is 9.59 Å². The van der Waals surface area contributed by atoms with Crippen LogP contribution in [0.4, 0.5) is 0 Å². The van der Waals surface area contributed by atoms with Gasteiger partial charge in [-0.3, -0.25) is 14.5 Å². The molecule has 1 unspecified atom stereocenters. The van der Waals surface area contributed by atoms with Crippen LogP contribution >= 0.6 is 15.9 Å². The van der Waals surface area contributed by atoms with Crippen LogP contribution in [-0.4, -0.2) is 42.9 Å². The van der Waals surface area contributed by atoms with Gasteiger partial charge in [0.15, 0.2) is 0 Å². The summed E-state index contributed by atoms with van der Waals surface area (Å²) in [5.74, 6) is 0.305. The molecule has 1 fully saturated rings. The van der Waals surface area contributed by atoms with Gasteiger partial charge in [-0.05, 0) is 57.0 Å². The lowest BCUT2D eigenvalue weighted by molar-refractivity contribution is -0.127. The number of amides is 2. The normalized spacial score (nSPS) is 16.7. The fourth-order valence-electron chi connectivity index (χ4n) is 3.41. The maximum Gasteiger partial charge on any atom is 0.234 e. The summed E-state index contributed by atoms with van der Waals surface area (Å²) < 4.78 is 1.03. The SMILES string of the molecule is CCCCCNC(=O)C1CCN(CC(=O)NC(C)c2ccc(Br)cc2)CC1. The highest BCUT2D eigenvalue weighted by atomic mass is 79.9. The Balaban J connectivity index is 1.68. The molecule has 0 radical (unpaired) electrons. The van der Waals surface area contributed by atoms with Crippen LogP contribution in [0.5, 0.6) is 0 Å². The maximum atomic E-state index is 12.3. The molecular weight excluding hydrogens is 406 g/mol. The van der Waals surface area contributed by atoms with Crippen molar-refractivity contribution in [3.63, 3.8) is 0 Å². The molecule has 0 spiro atoms. The van der Waals surface area contributed by atoms with Gasteiger partial charge < -0.3 is 10.6 Å². The largest absolute Gasteiger partial charge is 0.356 e. The van der Waals surface area contributed by atoms with Crippen molar-refractivity contribution in [2.75, 3.05) is 26.2 Å². The fraction of sp³-hybridized carbons (Fsp3) is 0.619. The summed E-state index contributed by atoms with van der Waals surface area (Å²) >= 11 is 3.42. The Kier molecular flexibility index (Phi) is 9.28. The third-order valence-corrected chi connectivity index (χ3v) is 5.68. The van der Waals surface area contributed by atoms with Gasteiger partial charge in [0.25, 0.3) is 0 Å². The number of carbonyl (C=O) groups is 2. The Bertz CT molecular complexity index is 598. The van der Waals surface area contributed by atoms with Crippen molar-refractivity contribution in [1.82, 2.24) is 15.5 Å². The number of carbonyl (C=O) groups excluding carboxylic acids is 2. The van der Waals surface area contributed by atoms with Crippen LogP contribution in [0.3, 0.4) is 0 Å². The number of rotatable bonds is 9. The average molecular weight is 438 g/mol. The first kappa shape index (κ1) is 21.9. The molecule has 6 heteroatoms. The molecule has 2 rings (SSSR count). The van der Waals surface area contributed by atoms with Crippen LogP contribution < -0.4 is 10.6 Å². The number of hydrogen-bond acceptors (Lipinski definition) is 3. The third kappa shape index (κ3) is 7.62. The van der Waals surface area contributed by atoms with Gasteiger partial charge in [-0.2, -0.15) is 0 Å². The summed E-state index contributed by atoms with van der Waals surface area (Å²) in [6, 6.07) is 7.97. The maximum absolute atomic E-state index is 12.3. The summed E-state index contributed by atoms with van der Waals surface area (Å²) in [5.41, 5.74) is 1.09. The first-order chi connectivity index (χ1) is 13.0. The molecule has 1 saturated heterocycles. The third-order valence-electron chi connectivity index (χ3n) is 5.15. The molecule has 1 heterocycles. The van der Waals surface area contributed by atoms with Crippen molar-refractivity contribution in [3.8, 4) is 0 Å². The molecule has 1 atom stereocenters. The predicted octanol–water partition coefficient (Wildman–Crippen LogP) is 3.64. The Morgan fingerprint density at radius 1 is 1.19 bits per heavy atom. The van der Waals surface area contributed by atoms with Gasteiger partial charge in [-0.15, -0.1) is 0 Å². The van der Waals surface area contributed by atoms with E-state index in [1.807, 2.05) is 31.2 Å². The van der Waals surface area contributed by atoms with Crippen molar-refractivity contribution in [2.45, 2.75) is 52.0 Å². The fourth-order valence-corrected chi connectivity index (χ4v) is 3.67. The quantitative estimate of drug-likeness (QED) is 0.579. The van der Waals surface area contributed by atoms with Gasteiger partial charge in [0.1, 0.15) is 0 Å².